The van der Waals surface area contributed by atoms with E-state index in [2.05, 4.69) is 31.7 Å². The minimum atomic E-state index is 0.150. The minimum absolute atomic E-state index is 0.150. The van der Waals surface area contributed by atoms with E-state index in [1.807, 2.05) is 11.0 Å². The van der Waals surface area contributed by atoms with Gasteiger partial charge in [0.05, 0.1) is 11.8 Å². The average Bonchev–Trinajstić information content (AvgIpc) is 3.36. The number of aryl methyl sites for hydroxylation is 1. The van der Waals surface area contributed by atoms with E-state index in [1.165, 1.54) is 5.56 Å². The van der Waals surface area contributed by atoms with Crippen LogP contribution in [0.25, 0.3) is 10.2 Å². The molecule has 2 aromatic rings. The molecule has 0 saturated heterocycles. The highest BCUT2D eigenvalue weighted by atomic mass is 32.1. The average molecular weight is 390 g/mol. The molecule has 1 aromatic carbocycles. The molecule has 0 aliphatic heterocycles. The van der Waals surface area contributed by atoms with Gasteiger partial charge in [-0.25, -0.2) is 4.98 Å². The molecule has 148 valence electrons. The van der Waals surface area contributed by atoms with Gasteiger partial charge in [0.15, 0.2) is 5.13 Å². The number of nitrogens with zero attached hydrogens (tertiary/aromatic N) is 3. The van der Waals surface area contributed by atoms with E-state index in [9.17, 15) is 4.79 Å². The van der Waals surface area contributed by atoms with Crippen molar-refractivity contribution in [2.75, 3.05) is 38.2 Å². The Morgan fingerprint density at radius 2 is 1.93 bits per heavy atom. The van der Waals surface area contributed by atoms with Crippen LogP contribution in [0.15, 0.2) is 12.1 Å². The number of ether oxygens (including phenoxy) is 1. The molecule has 0 unspecified atom stereocenters. The van der Waals surface area contributed by atoms with Gasteiger partial charge >= 0.3 is 0 Å². The van der Waals surface area contributed by atoms with E-state index in [1.54, 1.807) is 18.4 Å². The molecule has 1 saturated carbocycles. The van der Waals surface area contributed by atoms with Crippen LogP contribution in [0.4, 0.5) is 5.13 Å². The van der Waals surface area contributed by atoms with Gasteiger partial charge in [-0.15, -0.1) is 0 Å². The molecule has 6 heteroatoms. The molecule has 0 atom stereocenters. The second-order valence-corrected chi connectivity index (χ2v) is 8.23. The molecule has 1 heterocycles. The summed E-state index contributed by atoms with van der Waals surface area (Å²) in [6.45, 7) is 9.97. The number of hydrogen-bond acceptors (Lipinski definition) is 5. The second-order valence-electron chi connectivity index (χ2n) is 7.26. The predicted octanol–water partition coefficient (Wildman–Crippen LogP) is 4.48. The molecular weight excluding hydrogens is 358 g/mol. The maximum Gasteiger partial charge on any atom is 0.231 e. The summed E-state index contributed by atoms with van der Waals surface area (Å²) in [7, 11) is 1.67. The maximum atomic E-state index is 13.3. The van der Waals surface area contributed by atoms with Crippen LogP contribution >= 0.6 is 11.3 Å². The smallest absolute Gasteiger partial charge is 0.231 e. The molecule has 5 nitrogen and oxygen atoms in total. The lowest BCUT2D eigenvalue weighted by molar-refractivity contribution is -0.122. The Kier molecular flexibility index (Phi) is 6.71. The molecule has 1 aromatic heterocycles. The van der Waals surface area contributed by atoms with Crippen LogP contribution < -0.4 is 9.64 Å². The molecule has 0 bridgehead atoms. The van der Waals surface area contributed by atoms with Crippen LogP contribution in [0.3, 0.4) is 0 Å². The van der Waals surface area contributed by atoms with Crippen LogP contribution in [-0.2, 0) is 4.79 Å². The third-order valence-electron chi connectivity index (χ3n) is 5.65. The summed E-state index contributed by atoms with van der Waals surface area (Å²) in [5.41, 5.74) is 2.04. The lowest BCUT2D eigenvalue weighted by atomic mass is 10.1. The molecule has 0 spiro atoms. The van der Waals surface area contributed by atoms with Crippen molar-refractivity contribution in [2.24, 2.45) is 5.92 Å². The Balaban J connectivity index is 1.94. The number of aromatic nitrogens is 1. The molecule has 1 amide bonds. The topological polar surface area (TPSA) is 45.7 Å². The second kappa shape index (κ2) is 9.02. The summed E-state index contributed by atoms with van der Waals surface area (Å²) in [6, 6.07) is 4.02. The zero-order chi connectivity index (χ0) is 19.4. The van der Waals surface area contributed by atoms with Crippen molar-refractivity contribution in [2.45, 2.75) is 46.5 Å². The highest BCUT2D eigenvalue weighted by molar-refractivity contribution is 7.22. The fraction of sp³-hybridized carbons (Fsp3) is 0.619. The van der Waals surface area contributed by atoms with Gasteiger partial charge in [-0.2, -0.15) is 0 Å². The number of fused-ring (bicyclic) bond motifs is 1. The van der Waals surface area contributed by atoms with Crippen molar-refractivity contribution in [1.29, 1.82) is 0 Å². The summed E-state index contributed by atoms with van der Waals surface area (Å²) in [6.07, 6.45) is 4.34. The molecule has 0 N–H and O–H groups in total. The van der Waals surface area contributed by atoms with Gasteiger partial charge in [-0.1, -0.05) is 44.1 Å². The lowest BCUT2D eigenvalue weighted by Gasteiger charge is -2.26. The normalized spacial score (nSPS) is 15.0. The molecule has 1 fully saturated rings. The number of anilines is 1. The zero-order valence-corrected chi connectivity index (χ0v) is 17.8. The van der Waals surface area contributed by atoms with Gasteiger partial charge in [0.1, 0.15) is 11.3 Å². The van der Waals surface area contributed by atoms with Crippen molar-refractivity contribution in [3.8, 4) is 5.75 Å². The van der Waals surface area contributed by atoms with Gasteiger partial charge in [0.25, 0.3) is 0 Å². The summed E-state index contributed by atoms with van der Waals surface area (Å²) in [5, 5.41) is 0.807. The van der Waals surface area contributed by atoms with Crippen molar-refractivity contribution >= 4 is 32.6 Å². The third-order valence-corrected chi connectivity index (χ3v) is 6.86. The largest absolute Gasteiger partial charge is 0.494 e. The number of likely N-dealkylation sites (N-methyl/N-ethyl adjacent to an activating group) is 1. The van der Waals surface area contributed by atoms with Crippen molar-refractivity contribution in [3.63, 3.8) is 0 Å². The SMILES string of the molecule is CCN(CC)CCN(C(=O)C1CCCC1)c1nc2c(OC)ccc(C)c2s1. The molecule has 27 heavy (non-hydrogen) atoms. The van der Waals surface area contributed by atoms with E-state index >= 15 is 0 Å². The third kappa shape index (κ3) is 4.27. The highest BCUT2D eigenvalue weighted by Crippen LogP contribution is 2.37. The van der Waals surface area contributed by atoms with Crippen LogP contribution in [0.5, 0.6) is 5.75 Å². The Morgan fingerprint density at radius 1 is 1.22 bits per heavy atom. The number of rotatable bonds is 8. The van der Waals surface area contributed by atoms with E-state index in [0.29, 0.717) is 6.54 Å². The van der Waals surface area contributed by atoms with Crippen LogP contribution in [0, 0.1) is 12.8 Å². The van der Waals surface area contributed by atoms with Gasteiger partial charge < -0.3 is 9.64 Å². The van der Waals surface area contributed by atoms with E-state index < -0.39 is 0 Å². The fourth-order valence-corrected chi connectivity index (χ4v) is 4.94. The number of carbonyl (C=O) groups excluding carboxylic acids is 1. The highest BCUT2D eigenvalue weighted by Gasteiger charge is 2.30. The summed E-state index contributed by atoms with van der Waals surface area (Å²) in [5.74, 6) is 1.17. The van der Waals surface area contributed by atoms with E-state index in [-0.39, 0.29) is 11.8 Å². The van der Waals surface area contributed by atoms with Gasteiger partial charge in [0, 0.05) is 19.0 Å². The standard InChI is InChI=1S/C21H31N3O2S/c1-5-23(6-2)13-14-24(20(25)16-9-7-8-10-16)21-22-18-17(26-4)12-11-15(3)19(18)27-21/h11-12,16H,5-10,13-14H2,1-4H3. The van der Waals surface area contributed by atoms with E-state index in [4.69, 9.17) is 9.72 Å². The first-order valence-electron chi connectivity index (χ1n) is 10.1. The van der Waals surface area contributed by atoms with Gasteiger partial charge in [-0.05, 0) is 44.5 Å². The monoisotopic (exact) mass is 389 g/mol. The summed E-state index contributed by atoms with van der Waals surface area (Å²) in [4.78, 5) is 22.4. The molecule has 3 rings (SSSR count). The lowest BCUT2D eigenvalue weighted by Crippen LogP contribution is -2.41. The molecular formula is C21H31N3O2S. The summed E-state index contributed by atoms with van der Waals surface area (Å²) < 4.78 is 6.61. The quantitative estimate of drug-likeness (QED) is 0.668. The number of methoxy groups -OCH3 is 1. The van der Waals surface area contributed by atoms with Crippen molar-refractivity contribution in [1.82, 2.24) is 9.88 Å². The van der Waals surface area contributed by atoms with Crippen molar-refractivity contribution < 1.29 is 9.53 Å². The Morgan fingerprint density at radius 3 is 2.56 bits per heavy atom. The van der Waals surface area contributed by atoms with Gasteiger partial charge in [0.2, 0.25) is 5.91 Å². The first kappa shape index (κ1) is 20.1. The fourth-order valence-electron chi connectivity index (χ4n) is 3.85. The van der Waals surface area contributed by atoms with Crippen molar-refractivity contribution in [3.05, 3.63) is 17.7 Å². The molecule has 0 radical (unpaired) electrons. The predicted molar refractivity (Wildman–Crippen MR) is 113 cm³/mol. The minimum Gasteiger partial charge on any atom is -0.494 e. The Hall–Kier alpha value is -1.66. The summed E-state index contributed by atoms with van der Waals surface area (Å²) >= 11 is 1.61. The number of carbonyl (C=O) groups is 1. The first-order valence-corrected chi connectivity index (χ1v) is 10.9. The van der Waals surface area contributed by atoms with Crippen LogP contribution in [0.2, 0.25) is 0 Å². The molecule has 1 aliphatic rings. The molecule has 1 aliphatic carbocycles. The van der Waals surface area contributed by atoms with Gasteiger partial charge in [-0.3, -0.25) is 9.69 Å². The van der Waals surface area contributed by atoms with Crippen LogP contribution in [0.1, 0.15) is 45.1 Å². The maximum absolute atomic E-state index is 13.3. The number of thiazole rings is 1. The zero-order valence-electron chi connectivity index (χ0n) is 17.0. The van der Waals surface area contributed by atoms with E-state index in [0.717, 1.165) is 66.4 Å². The number of hydrogen-bond donors (Lipinski definition) is 0. The Labute approximate surface area is 166 Å². The van der Waals surface area contributed by atoms with Crippen LogP contribution in [-0.4, -0.2) is 49.1 Å². The Bertz CT molecular complexity index is 779. The first-order chi connectivity index (χ1) is 13.1. The number of benzene rings is 1. The number of amides is 1.